The molecule has 0 aliphatic heterocycles. The average Bonchev–Trinajstić information content (AvgIpc) is 2.33. The normalized spacial score (nSPS) is 10.2. The highest BCUT2D eigenvalue weighted by Crippen LogP contribution is 2.18. The number of nitrogens with zero attached hydrogens (tertiary/aromatic N) is 2. The SMILES string of the molecule is CCCc1cc(C#N)c(CCC)c(CCC)n1. The van der Waals surface area contributed by atoms with E-state index in [4.69, 9.17) is 4.98 Å². The number of rotatable bonds is 6. The van der Waals surface area contributed by atoms with Crippen LogP contribution in [0.2, 0.25) is 0 Å². The third-order valence-electron chi connectivity index (χ3n) is 2.88. The predicted octanol–water partition coefficient (Wildman–Crippen LogP) is 3.81. The topological polar surface area (TPSA) is 36.7 Å². The summed E-state index contributed by atoms with van der Waals surface area (Å²) >= 11 is 0. The first kappa shape index (κ1) is 13.7. The smallest absolute Gasteiger partial charge is 0.0995 e. The van der Waals surface area contributed by atoms with Crippen molar-refractivity contribution < 1.29 is 0 Å². The van der Waals surface area contributed by atoms with E-state index < -0.39 is 0 Å². The number of hydrogen-bond donors (Lipinski definition) is 0. The van der Waals surface area contributed by atoms with Crippen molar-refractivity contribution in [2.75, 3.05) is 0 Å². The Morgan fingerprint density at radius 3 is 2.24 bits per heavy atom. The van der Waals surface area contributed by atoms with Crippen LogP contribution in [0.4, 0.5) is 0 Å². The van der Waals surface area contributed by atoms with Crippen LogP contribution in [0.1, 0.15) is 62.5 Å². The van der Waals surface area contributed by atoms with E-state index in [1.54, 1.807) is 0 Å². The van der Waals surface area contributed by atoms with Gasteiger partial charge in [-0.2, -0.15) is 5.26 Å². The molecular weight excluding hydrogens is 208 g/mol. The average molecular weight is 230 g/mol. The van der Waals surface area contributed by atoms with Crippen molar-refractivity contribution in [1.82, 2.24) is 4.98 Å². The van der Waals surface area contributed by atoms with Crippen LogP contribution in [0.15, 0.2) is 6.07 Å². The predicted molar refractivity (Wildman–Crippen MR) is 70.9 cm³/mol. The lowest BCUT2D eigenvalue weighted by Gasteiger charge is -2.11. The maximum Gasteiger partial charge on any atom is 0.0995 e. The Balaban J connectivity index is 3.20. The fourth-order valence-corrected chi connectivity index (χ4v) is 2.14. The summed E-state index contributed by atoms with van der Waals surface area (Å²) in [4.78, 5) is 4.73. The first-order valence-corrected chi connectivity index (χ1v) is 6.68. The summed E-state index contributed by atoms with van der Waals surface area (Å²) in [5.74, 6) is 0. The van der Waals surface area contributed by atoms with Crippen molar-refractivity contribution in [3.8, 4) is 6.07 Å². The first-order valence-electron chi connectivity index (χ1n) is 6.68. The molecule has 0 aliphatic carbocycles. The van der Waals surface area contributed by atoms with E-state index in [9.17, 15) is 5.26 Å². The van der Waals surface area contributed by atoms with Gasteiger partial charge >= 0.3 is 0 Å². The number of aromatic nitrogens is 1. The molecule has 92 valence electrons. The number of aryl methyl sites for hydroxylation is 2. The standard InChI is InChI=1S/C15H22N2/c1-4-7-13-10-12(11-16)14(8-5-2)15(17-13)9-6-3/h10H,4-9H2,1-3H3. The molecule has 1 rings (SSSR count). The van der Waals surface area contributed by atoms with Gasteiger partial charge in [0.1, 0.15) is 0 Å². The highest BCUT2D eigenvalue weighted by atomic mass is 14.7. The maximum absolute atomic E-state index is 9.25. The molecule has 2 heteroatoms. The quantitative estimate of drug-likeness (QED) is 0.745. The van der Waals surface area contributed by atoms with Crippen LogP contribution in [-0.2, 0) is 19.3 Å². The summed E-state index contributed by atoms with van der Waals surface area (Å²) in [5, 5.41) is 9.25. The maximum atomic E-state index is 9.25. The molecule has 0 amide bonds. The number of hydrogen-bond acceptors (Lipinski definition) is 2. The Labute approximate surface area is 105 Å². The van der Waals surface area contributed by atoms with Crippen molar-refractivity contribution in [2.45, 2.75) is 59.3 Å². The fraction of sp³-hybridized carbons (Fsp3) is 0.600. The Morgan fingerprint density at radius 1 is 1.06 bits per heavy atom. The van der Waals surface area contributed by atoms with Gasteiger partial charge < -0.3 is 0 Å². The van der Waals surface area contributed by atoms with Crippen molar-refractivity contribution in [3.05, 3.63) is 28.6 Å². The van der Waals surface area contributed by atoms with Crippen molar-refractivity contribution in [3.63, 3.8) is 0 Å². The Bertz CT molecular complexity index is 402. The highest BCUT2D eigenvalue weighted by molar-refractivity contribution is 5.41. The molecule has 0 spiro atoms. The summed E-state index contributed by atoms with van der Waals surface area (Å²) in [6, 6.07) is 4.32. The molecule has 0 bridgehead atoms. The summed E-state index contributed by atoms with van der Waals surface area (Å²) in [7, 11) is 0. The van der Waals surface area contributed by atoms with Gasteiger partial charge in [0.05, 0.1) is 11.6 Å². The zero-order valence-electron chi connectivity index (χ0n) is 11.2. The summed E-state index contributed by atoms with van der Waals surface area (Å²) < 4.78 is 0. The largest absolute Gasteiger partial charge is 0.258 e. The van der Waals surface area contributed by atoms with Crippen LogP contribution in [0.25, 0.3) is 0 Å². The van der Waals surface area contributed by atoms with Crippen molar-refractivity contribution in [1.29, 1.82) is 5.26 Å². The minimum atomic E-state index is 0.841. The molecular formula is C15H22N2. The molecule has 17 heavy (non-hydrogen) atoms. The fourth-order valence-electron chi connectivity index (χ4n) is 2.14. The molecule has 0 aliphatic rings. The monoisotopic (exact) mass is 230 g/mol. The van der Waals surface area contributed by atoms with E-state index >= 15 is 0 Å². The molecule has 0 saturated carbocycles. The highest BCUT2D eigenvalue weighted by Gasteiger charge is 2.11. The second-order valence-corrected chi connectivity index (χ2v) is 4.45. The Kier molecular flexibility index (Phi) is 5.69. The van der Waals surface area contributed by atoms with Gasteiger partial charge in [0, 0.05) is 11.4 Å². The molecule has 0 aromatic carbocycles. The van der Waals surface area contributed by atoms with Gasteiger partial charge in [0.15, 0.2) is 0 Å². The third-order valence-corrected chi connectivity index (χ3v) is 2.88. The van der Waals surface area contributed by atoms with Gasteiger partial charge in [0.2, 0.25) is 0 Å². The second-order valence-electron chi connectivity index (χ2n) is 4.45. The van der Waals surface area contributed by atoms with Gasteiger partial charge in [-0.25, -0.2) is 0 Å². The molecule has 0 N–H and O–H groups in total. The van der Waals surface area contributed by atoms with Gasteiger partial charge in [0.25, 0.3) is 0 Å². The molecule has 1 aromatic rings. The van der Waals surface area contributed by atoms with E-state index in [2.05, 4.69) is 26.8 Å². The zero-order chi connectivity index (χ0) is 12.7. The van der Waals surface area contributed by atoms with Crippen LogP contribution in [0.3, 0.4) is 0 Å². The molecule has 0 saturated heterocycles. The molecule has 0 atom stereocenters. The van der Waals surface area contributed by atoms with Crippen LogP contribution in [0.5, 0.6) is 0 Å². The van der Waals surface area contributed by atoms with Crippen molar-refractivity contribution >= 4 is 0 Å². The second kappa shape index (κ2) is 7.06. The minimum absolute atomic E-state index is 0.841. The van der Waals surface area contributed by atoms with Gasteiger partial charge in [-0.1, -0.05) is 40.0 Å². The molecule has 2 nitrogen and oxygen atoms in total. The van der Waals surface area contributed by atoms with Gasteiger partial charge in [-0.15, -0.1) is 0 Å². The third kappa shape index (κ3) is 3.56. The molecule has 1 heterocycles. The van der Waals surface area contributed by atoms with Crippen LogP contribution in [-0.4, -0.2) is 4.98 Å². The Morgan fingerprint density at radius 2 is 1.71 bits per heavy atom. The van der Waals surface area contributed by atoms with E-state index in [1.807, 2.05) is 6.07 Å². The lowest BCUT2D eigenvalue weighted by molar-refractivity contribution is 0.794. The molecule has 1 aromatic heterocycles. The van der Waals surface area contributed by atoms with E-state index in [0.717, 1.165) is 55.5 Å². The minimum Gasteiger partial charge on any atom is -0.258 e. The summed E-state index contributed by atoms with van der Waals surface area (Å²) in [6.45, 7) is 6.46. The summed E-state index contributed by atoms with van der Waals surface area (Å²) in [6.07, 6.45) is 6.16. The van der Waals surface area contributed by atoms with E-state index in [0.29, 0.717) is 0 Å². The van der Waals surface area contributed by atoms with Gasteiger partial charge in [-0.3, -0.25) is 4.98 Å². The van der Waals surface area contributed by atoms with Crippen molar-refractivity contribution in [2.24, 2.45) is 0 Å². The zero-order valence-corrected chi connectivity index (χ0v) is 11.2. The molecule has 0 fully saturated rings. The number of pyridine rings is 1. The molecule has 0 radical (unpaired) electrons. The Hall–Kier alpha value is -1.36. The lowest BCUT2D eigenvalue weighted by Crippen LogP contribution is -2.05. The number of nitriles is 1. The molecule has 0 unspecified atom stereocenters. The van der Waals surface area contributed by atoms with E-state index in [1.165, 1.54) is 5.56 Å². The van der Waals surface area contributed by atoms with E-state index in [-0.39, 0.29) is 0 Å². The van der Waals surface area contributed by atoms with Crippen LogP contribution in [0, 0.1) is 11.3 Å². The van der Waals surface area contributed by atoms with Gasteiger partial charge in [-0.05, 0) is 30.9 Å². The summed E-state index contributed by atoms with van der Waals surface area (Å²) in [5.41, 5.74) is 4.25. The first-order chi connectivity index (χ1) is 8.26. The van der Waals surface area contributed by atoms with Crippen LogP contribution >= 0.6 is 0 Å². The lowest BCUT2D eigenvalue weighted by atomic mass is 9.98. The van der Waals surface area contributed by atoms with Crippen LogP contribution < -0.4 is 0 Å².